The van der Waals surface area contributed by atoms with Crippen LogP contribution in [0, 0.1) is 20.8 Å². The van der Waals surface area contributed by atoms with Crippen LogP contribution in [0.1, 0.15) is 46.3 Å². The second kappa shape index (κ2) is 9.09. The van der Waals surface area contributed by atoms with E-state index < -0.39 is 10.0 Å². The molecule has 0 radical (unpaired) electrons. The van der Waals surface area contributed by atoms with Gasteiger partial charge in [-0.1, -0.05) is 35.5 Å². The normalized spacial score (nSPS) is 15.0. The van der Waals surface area contributed by atoms with Gasteiger partial charge in [0.25, 0.3) is 5.91 Å². The number of benzene rings is 2. The standard InChI is InChI=1S/C23H26N4O3S2/c1-15-13-16(2)20(17(3)14-15)22-25-26-23(31-22)24-21(28)18-7-9-19(10-8-18)32(29,30)27-11-5-4-6-12-27/h7-10,13-14H,4-6,11-12H2,1-3H3,(H,24,26,28). The van der Waals surface area contributed by atoms with E-state index in [0.29, 0.717) is 23.8 Å². The Morgan fingerprint density at radius 1 is 0.969 bits per heavy atom. The smallest absolute Gasteiger partial charge is 0.257 e. The van der Waals surface area contributed by atoms with Crippen LogP contribution in [0.3, 0.4) is 0 Å². The van der Waals surface area contributed by atoms with Gasteiger partial charge in [0.05, 0.1) is 4.90 Å². The third-order valence-electron chi connectivity index (χ3n) is 5.61. The number of piperidine rings is 1. The monoisotopic (exact) mass is 470 g/mol. The van der Waals surface area contributed by atoms with Gasteiger partial charge in [-0.2, -0.15) is 4.31 Å². The summed E-state index contributed by atoms with van der Waals surface area (Å²) in [5.74, 6) is -0.355. The van der Waals surface area contributed by atoms with Crippen molar-refractivity contribution in [2.75, 3.05) is 18.4 Å². The van der Waals surface area contributed by atoms with Gasteiger partial charge in [0.2, 0.25) is 15.2 Å². The van der Waals surface area contributed by atoms with E-state index >= 15 is 0 Å². The minimum atomic E-state index is -3.52. The molecule has 3 aromatic rings. The Balaban J connectivity index is 1.48. The Morgan fingerprint density at radius 3 is 2.22 bits per heavy atom. The molecule has 2 aromatic carbocycles. The molecule has 0 atom stereocenters. The number of carbonyl (C=O) groups excluding carboxylic acids is 1. The van der Waals surface area contributed by atoms with Crippen molar-refractivity contribution in [2.45, 2.75) is 44.9 Å². The highest BCUT2D eigenvalue weighted by Gasteiger charge is 2.26. The Morgan fingerprint density at radius 2 is 1.59 bits per heavy atom. The highest BCUT2D eigenvalue weighted by atomic mass is 32.2. The maximum Gasteiger partial charge on any atom is 0.257 e. The van der Waals surface area contributed by atoms with Crippen LogP contribution < -0.4 is 5.32 Å². The number of nitrogens with zero attached hydrogens (tertiary/aromatic N) is 3. The van der Waals surface area contributed by atoms with Crippen LogP contribution in [0.15, 0.2) is 41.3 Å². The van der Waals surface area contributed by atoms with E-state index in [2.05, 4.69) is 34.6 Å². The predicted molar refractivity (Wildman–Crippen MR) is 127 cm³/mol. The average Bonchev–Trinajstić information content (AvgIpc) is 3.21. The van der Waals surface area contributed by atoms with E-state index in [1.54, 1.807) is 0 Å². The van der Waals surface area contributed by atoms with Crippen LogP contribution in [0.2, 0.25) is 0 Å². The van der Waals surface area contributed by atoms with Gasteiger partial charge in [0.15, 0.2) is 0 Å². The Kier molecular flexibility index (Phi) is 6.41. The number of anilines is 1. The topological polar surface area (TPSA) is 92.3 Å². The van der Waals surface area contributed by atoms with Gasteiger partial charge in [0.1, 0.15) is 5.01 Å². The summed E-state index contributed by atoms with van der Waals surface area (Å²) in [4.78, 5) is 12.9. The lowest BCUT2D eigenvalue weighted by Crippen LogP contribution is -2.35. The molecular weight excluding hydrogens is 444 g/mol. The lowest BCUT2D eigenvalue weighted by Gasteiger charge is -2.25. The number of amides is 1. The van der Waals surface area contributed by atoms with Crippen LogP contribution >= 0.6 is 11.3 Å². The first-order valence-corrected chi connectivity index (χ1v) is 12.8. The van der Waals surface area contributed by atoms with Crippen LogP contribution in [-0.4, -0.2) is 41.9 Å². The number of sulfonamides is 1. The molecular formula is C23H26N4O3S2. The van der Waals surface area contributed by atoms with Gasteiger partial charge in [-0.05, 0) is 69.0 Å². The number of hydrogen-bond donors (Lipinski definition) is 1. The number of aryl methyl sites for hydroxylation is 3. The molecule has 2 heterocycles. The van der Waals surface area contributed by atoms with Crippen molar-refractivity contribution in [2.24, 2.45) is 0 Å². The molecule has 0 saturated carbocycles. The Labute approximate surface area is 192 Å². The number of nitrogens with one attached hydrogen (secondary N) is 1. The second-order valence-electron chi connectivity index (χ2n) is 8.13. The predicted octanol–water partition coefficient (Wildman–Crippen LogP) is 4.56. The molecule has 0 aliphatic carbocycles. The minimum Gasteiger partial charge on any atom is -0.296 e. The van der Waals surface area contributed by atoms with Gasteiger partial charge in [-0.3, -0.25) is 10.1 Å². The Bertz CT molecular complexity index is 1220. The van der Waals surface area contributed by atoms with Gasteiger partial charge >= 0.3 is 0 Å². The molecule has 0 unspecified atom stereocenters. The number of carbonyl (C=O) groups is 1. The number of hydrogen-bond acceptors (Lipinski definition) is 6. The first kappa shape index (κ1) is 22.6. The summed E-state index contributed by atoms with van der Waals surface area (Å²) in [5, 5.41) is 12.3. The maximum atomic E-state index is 12.8. The molecule has 1 aliphatic rings. The summed E-state index contributed by atoms with van der Waals surface area (Å²) >= 11 is 1.31. The molecule has 0 bridgehead atoms. The minimum absolute atomic E-state index is 0.208. The van der Waals surface area contributed by atoms with E-state index in [4.69, 9.17) is 0 Å². The molecule has 1 N–H and O–H groups in total. The van der Waals surface area contributed by atoms with Crippen LogP contribution in [0.5, 0.6) is 0 Å². The molecule has 1 aromatic heterocycles. The largest absolute Gasteiger partial charge is 0.296 e. The fourth-order valence-corrected chi connectivity index (χ4v) is 6.53. The number of aromatic nitrogens is 2. The maximum absolute atomic E-state index is 12.8. The van der Waals surface area contributed by atoms with E-state index in [1.807, 2.05) is 13.8 Å². The summed E-state index contributed by atoms with van der Waals surface area (Å²) in [6.07, 6.45) is 2.82. The Hall–Kier alpha value is -2.62. The molecule has 0 spiro atoms. The molecule has 1 saturated heterocycles. The van der Waals surface area contributed by atoms with Crippen molar-refractivity contribution in [3.8, 4) is 10.6 Å². The summed E-state index contributed by atoms with van der Waals surface area (Å²) < 4.78 is 27.1. The molecule has 168 valence electrons. The second-order valence-corrected chi connectivity index (χ2v) is 11.0. The zero-order valence-electron chi connectivity index (χ0n) is 18.4. The lowest BCUT2D eigenvalue weighted by atomic mass is 10.0. The van der Waals surface area contributed by atoms with Crippen molar-refractivity contribution >= 4 is 32.4 Å². The molecule has 4 rings (SSSR count). The zero-order valence-corrected chi connectivity index (χ0v) is 20.0. The van der Waals surface area contributed by atoms with Gasteiger partial charge in [-0.15, -0.1) is 10.2 Å². The van der Waals surface area contributed by atoms with Gasteiger partial charge in [0, 0.05) is 24.2 Å². The van der Waals surface area contributed by atoms with E-state index in [9.17, 15) is 13.2 Å². The van der Waals surface area contributed by atoms with Crippen LogP contribution in [0.25, 0.3) is 10.6 Å². The first-order valence-electron chi connectivity index (χ1n) is 10.6. The fraction of sp³-hybridized carbons (Fsp3) is 0.348. The average molecular weight is 471 g/mol. The molecule has 1 amide bonds. The SMILES string of the molecule is Cc1cc(C)c(-c2nnc(NC(=O)c3ccc(S(=O)(=O)N4CCCCC4)cc3)s2)c(C)c1. The highest BCUT2D eigenvalue weighted by molar-refractivity contribution is 7.89. The van der Waals surface area contributed by atoms with Gasteiger partial charge in [-0.25, -0.2) is 8.42 Å². The molecule has 7 nitrogen and oxygen atoms in total. The van der Waals surface area contributed by atoms with E-state index in [1.165, 1.54) is 45.5 Å². The first-order chi connectivity index (χ1) is 15.3. The summed E-state index contributed by atoms with van der Waals surface area (Å²) in [6, 6.07) is 10.2. The zero-order chi connectivity index (χ0) is 22.9. The molecule has 32 heavy (non-hydrogen) atoms. The van der Waals surface area contributed by atoms with Gasteiger partial charge < -0.3 is 0 Å². The van der Waals surface area contributed by atoms with Crippen molar-refractivity contribution in [3.05, 3.63) is 58.7 Å². The van der Waals surface area contributed by atoms with E-state index in [0.717, 1.165) is 41.0 Å². The quantitative estimate of drug-likeness (QED) is 0.590. The van der Waals surface area contributed by atoms with E-state index in [-0.39, 0.29) is 10.8 Å². The van der Waals surface area contributed by atoms with Crippen LogP contribution in [0.4, 0.5) is 5.13 Å². The third-order valence-corrected chi connectivity index (χ3v) is 8.37. The highest BCUT2D eigenvalue weighted by Crippen LogP contribution is 2.32. The number of rotatable bonds is 5. The molecule has 1 fully saturated rings. The van der Waals surface area contributed by atoms with Crippen LogP contribution in [-0.2, 0) is 10.0 Å². The lowest BCUT2D eigenvalue weighted by molar-refractivity contribution is 0.102. The van der Waals surface area contributed by atoms with Crippen molar-refractivity contribution in [1.82, 2.24) is 14.5 Å². The fourth-order valence-electron chi connectivity index (χ4n) is 4.09. The summed E-state index contributed by atoms with van der Waals surface area (Å²) in [5.41, 5.74) is 4.81. The molecule has 9 heteroatoms. The third kappa shape index (κ3) is 4.60. The van der Waals surface area contributed by atoms with Crippen molar-refractivity contribution in [3.63, 3.8) is 0 Å². The summed E-state index contributed by atoms with van der Waals surface area (Å²) in [6.45, 7) is 7.22. The van der Waals surface area contributed by atoms with Crippen molar-refractivity contribution in [1.29, 1.82) is 0 Å². The molecule has 1 aliphatic heterocycles. The summed E-state index contributed by atoms with van der Waals surface area (Å²) in [7, 11) is -3.52. The van der Waals surface area contributed by atoms with Crippen molar-refractivity contribution < 1.29 is 13.2 Å².